The van der Waals surface area contributed by atoms with E-state index >= 15 is 0 Å². The first-order chi connectivity index (χ1) is 8.78. The largest absolute Gasteiger partial charge is 0.478 e. The number of hydrogen-bond donors (Lipinski definition) is 1. The van der Waals surface area contributed by atoms with Crippen LogP contribution in [0.1, 0.15) is 31.1 Å². The molecule has 0 saturated heterocycles. The lowest BCUT2D eigenvalue weighted by molar-refractivity contribution is 0.0543. The second kappa shape index (κ2) is 4.38. The summed E-state index contributed by atoms with van der Waals surface area (Å²) in [6.07, 6.45) is 0.780. The summed E-state index contributed by atoms with van der Waals surface area (Å²) in [5.41, 5.74) is 0.473. The van der Waals surface area contributed by atoms with Crippen LogP contribution in [0.2, 0.25) is 0 Å². The Kier molecular flexibility index (Phi) is 3.01. The van der Waals surface area contributed by atoms with Gasteiger partial charge >= 0.3 is 12.1 Å². The summed E-state index contributed by atoms with van der Waals surface area (Å²) in [4.78, 5) is 26.8. The number of hydrogen-bond acceptors (Lipinski definition) is 4. The van der Waals surface area contributed by atoms with Crippen molar-refractivity contribution in [2.75, 3.05) is 0 Å². The van der Waals surface area contributed by atoms with E-state index in [9.17, 15) is 9.59 Å². The Labute approximate surface area is 109 Å². The second-order valence-corrected chi connectivity index (χ2v) is 5.10. The Morgan fingerprint density at radius 2 is 2.00 bits per heavy atom. The number of fused-ring (bicyclic) bond motifs is 1. The fourth-order valence-electron chi connectivity index (χ4n) is 1.60. The average Bonchev–Trinajstić information content (AvgIpc) is 2.68. The molecule has 0 bridgehead atoms. The summed E-state index contributed by atoms with van der Waals surface area (Å²) in [6, 6.07) is 4.38. The normalized spacial score (nSPS) is 11.5. The highest BCUT2D eigenvalue weighted by Gasteiger charge is 2.19. The molecule has 0 amide bonds. The number of carbonyl (C=O) groups excluding carboxylic acids is 1. The number of benzene rings is 1. The van der Waals surface area contributed by atoms with Gasteiger partial charge in [-0.1, -0.05) is 0 Å². The van der Waals surface area contributed by atoms with Gasteiger partial charge in [0.1, 0.15) is 11.9 Å². The maximum atomic E-state index is 11.9. The van der Waals surface area contributed by atoms with Crippen molar-refractivity contribution >= 4 is 23.1 Å². The standard InChI is InChI=1S/C13H14N2O4/c1-13(2,3)19-12(18)15-7-14-9-6-8(11(16)17)4-5-10(9)15/h4-7H,1-3H3,(H,16,17). The van der Waals surface area contributed by atoms with Gasteiger partial charge < -0.3 is 9.84 Å². The Balaban J connectivity index is 2.41. The van der Waals surface area contributed by atoms with E-state index in [1.807, 2.05) is 0 Å². The molecule has 0 aliphatic carbocycles. The molecule has 2 aromatic rings. The highest BCUT2D eigenvalue weighted by atomic mass is 16.6. The van der Waals surface area contributed by atoms with E-state index in [1.54, 1.807) is 20.8 Å². The fourth-order valence-corrected chi connectivity index (χ4v) is 1.60. The van der Waals surface area contributed by atoms with E-state index in [-0.39, 0.29) is 5.56 Å². The number of ether oxygens (including phenoxy) is 1. The lowest BCUT2D eigenvalue weighted by atomic mass is 10.2. The van der Waals surface area contributed by atoms with Crippen LogP contribution in [-0.2, 0) is 4.74 Å². The van der Waals surface area contributed by atoms with Gasteiger partial charge in [-0.15, -0.1) is 0 Å². The molecule has 0 atom stereocenters. The zero-order valence-electron chi connectivity index (χ0n) is 10.9. The monoisotopic (exact) mass is 262 g/mol. The molecule has 2 rings (SSSR count). The molecule has 1 aromatic carbocycles. The zero-order valence-corrected chi connectivity index (χ0v) is 10.9. The smallest absolute Gasteiger partial charge is 0.420 e. The van der Waals surface area contributed by atoms with Crippen molar-refractivity contribution < 1.29 is 19.4 Å². The lowest BCUT2D eigenvalue weighted by Gasteiger charge is -2.19. The average molecular weight is 262 g/mol. The molecule has 0 aliphatic heterocycles. The molecule has 0 fully saturated rings. The van der Waals surface area contributed by atoms with Gasteiger partial charge in [-0.3, -0.25) is 0 Å². The molecule has 6 heteroatoms. The third kappa shape index (κ3) is 2.73. The number of aromatic nitrogens is 2. The number of carboxylic acid groups (broad SMARTS) is 1. The van der Waals surface area contributed by atoms with Gasteiger partial charge in [-0.05, 0) is 39.0 Å². The van der Waals surface area contributed by atoms with E-state index in [2.05, 4.69) is 4.98 Å². The molecule has 0 spiro atoms. The number of imidazole rings is 1. The maximum Gasteiger partial charge on any atom is 0.420 e. The van der Waals surface area contributed by atoms with Crippen molar-refractivity contribution in [1.29, 1.82) is 0 Å². The Morgan fingerprint density at radius 3 is 2.58 bits per heavy atom. The van der Waals surface area contributed by atoms with Crippen molar-refractivity contribution in [2.45, 2.75) is 26.4 Å². The first-order valence-electron chi connectivity index (χ1n) is 5.72. The van der Waals surface area contributed by atoms with Crippen LogP contribution in [0.4, 0.5) is 4.79 Å². The van der Waals surface area contributed by atoms with E-state index in [0.717, 1.165) is 0 Å². The maximum absolute atomic E-state index is 11.9. The molecule has 19 heavy (non-hydrogen) atoms. The number of rotatable bonds is 1. The van der Waals surface area contributed by atoms with Crippen LogP contribution in [0, 0.1) is 0 Å². The van der Waals surface area contributed by atoms with E-state index in [1.165, 1.54) is 29.1 Å². The number of aromatic carboxylic acids is 1. The molecular formula is C13H14N2O4. The van der Waals surface area contributed by atoms with E-state index < -0.39 is 17.7 Å². The summed E-state index contributed by atoms with van der Waals surface area (Å²) in [7, 11) is 0. The lowest BCUT2D eigenvalue weighted by Crippen LogP contribution is -2.26. The SMILES string of the molecule is CC(C)(C)OC(=O)n1cnc2cc(C(=O)O)ccc21. The van der Waals surface area contributed by atoms with E-state index in [0.29, 0.717) is 11.0 Å². The summed E-state index contributed by atoms with van der Waals surface area (Å²) in [5.74, 6) is -1.03. The molecule has 0 saturated carbocycles. The molecule has 1 N–H and O–H groups in total. The minimum Gasteiger partial charge on any atom is -0.478 e. The van der Waals surface area contributed by atoms with Crippen molar-refractivity contribution in [2.24, 2.45) is 0 Å². The molecule has 1 heterocycles. The third-order valence-electron chi connectivity index (χ3n) is 2.38. The summed E-state index contributed by atoms with van der Waals surface area (Å²) >= 11 is 0. The highest BCUT2D eigenvalue weighted by molar-refractivity contribution is 5.94. The van der Waals surface area contributed by atoms with Crippen LogP contribution in [-0.4, -0.2) is 32.3 Å². The fraction of sp³-hybridized carbons (Fsp3) is 0.308. The molecule has 0 unspecified atom stereocenters. The predicted octanol–water partition coefficient (Wildman–Crippen LogP) is 2.52. The molecular weight excluding hydrogens is 248 g/mol. The topological polar surface area (TPSA) is 81.4 Å². The second-order valence-electron chi connectivity index (χ2n) is 5.10. The van der Waals surface area contributed by atoms with Gasteiger partial charge in [0.15, 0.2) is 0 Å². The van der Waals surface area contributed by atoms with Gasteiger partial charge in [0.25, 0.3) is 0 Å². The minimum atomic E-state index is -1.03. The first kappa shape index (κ1) is 13.1. The number of carbonyl (C=O) groups is 2. The van der Waals surface area contributed by atoms with Gasteiger partial charge in [0.2, 0.25) is 0 Å². The van der Waals surface area contributed by atoms with Crippen molar-refractivity contribution in [3.63, 3.8) is 0 Å². The summed E-state index contributed by atoms with van der Waals surface area (Å²) in [5, 5.41) is 8.89. The van der Waals surface area contributed by atoms with Crippen LogP contribution in [0.15, 0.2) is 24.5 Å². The van der Waals surface area contributed by atoms with Gasteiger partial charge in [0.05, 0.1) is 16.6 Å². The van der Waals surface area contributed by atoms with Crippen LogP contribution < -0.4 is 0 Å². The predicted molar refractivity (Wildman–Crippen MR) is 68.3 cm³/mol. The Morgan fingerprint density at radius 1 is 1.32 bits per heavy atom. The van der Waals surface area contributed by atoms with Crippen LogP contribution in [0.25, 0.3) is 11.0 Å². The van der Waals surface area contributed by atoms with Crippen LogP contribution >= 0.6 is 0 Å². The van der Waals surface area contributed by atoms with Gasteiger partial charge in [0, 0.05) is 0 Å². The molecule has 100 valence electrons. The number of carboxylic acids is 1. The van der Waals surface area contributed by atoms with Crippen LogP contribution in [0.3, 0.4) is 0 Å². The van der Waals surface area contributed by atoms with Gasteiger partial charge in [-0.25, -0.2) is 19.1 Å². The molecule has 0 radical (unpaired) electrons. The molecule has 1 aromatic heterocycles. The first-order valence-corrected chi connectivity index (χ1v) is 5.72. The Bertz CT molecular complexity index is 652. The Hall–Kier alpha value is -2.37. The molecule has 0 aliphatic rings. The zero-order chi connectivity index (χ0) is 14.2. The summed E-state index contributed by atoms with van der Waals surface area (Å²) < 4.78 is 6.49. The van der Waals surface area contributed by atoms with Crippen molar-refractivity contribution in [3.8, 4) is 0 Å². The quantitative estimate of drug-likeness (QED) is 0.853. The molecule has 6 nitrogen and oxygen atoms in total. The van der Waals surface area contributed by atoms with E-state index in [4.69, 9.17) is 9.84 Å². The highest BCUT2D eigenvalue weighted by Crippen LogP contribution is 2.17. The third-order valence-corrected chi connectivity index (χ3v) is 2.38. The number of nitrogens with zero attached hydrogens (tertiary/aromatic N) is 2. The summed E-state index contributed by atoms with van der Waals surface area (Å²) in [6.45, 7) is 5.31. The minimum absolute atomic E-state index is 0.127. The van der Waals surface area contributed by atoms with Crippen molar-refractivity contribution in [3.05, 3.63) is 30.1 Å². The van der Waals surface area contributed by atoms with Crippen molar-refractivity contribution in [1.82, 2.24) is 9.55 Å². The van der Waals surface area contributed by atoms with Crippen LogP contribution in [0.5, 0.6) is 0 Å². The van der Waals surface area contributed by atoms with Gasteiger partial charge in [-0.2, -0.15) is 0 Å².